The fourth-order valence-corrected chi connectivity index (χ4v) is 5.16. The van der Waals surface area contributed by atoms with Crippen LogP contribution in [0.1, 0.15) is 49.4 Å². The molecule has 1 aliphatic rings. The number of ether oxygens (including phenoxy) is 1. The standard InChI is InChI=1S/C25H27FN4O3/c1-13-7-17(5-6-18(13)26)30-19-10-16-11-27-29-23(16)28-21(19)20(14-8-15(9-14)24(31)32)22(30)25(2,3)12-33-4/h5-7,10-11,14-15H,8-9,12H2,1-4H3,(H,31,32)(H,27,28,29)/t14-,15-. The number of pyridine rings is 1. The van der Waals surface area contributed by atoms with Crippen LogP contribution in [0, 0.1) is 18.7 Å². The van der Waals surface area contributed by atoms with Crippen LogP contribution in [0.15, 0.2) is 30.5 Å². The van der Waals surface area contributed by atoms with Crippen molar-refractivity contribution in [2.24, 2.45) is 5.92 Å². The Morgan fingerprint density at radius 3 is 2.76 bits per heavy atom. The zero-order valence-corrected chi connectivity index (χ0v) is 19.1. The van der Waals surface area contributed by atoms with Crippen LogP contribution >= 0.6 is 0 Å². The van der Waals surface area contributed by atoms with Crippen molar-refractivity contribution in [1.29, 1.82) is 0 Å². The van der Waals surface area contributed by atoms with E-state index in [1.165, 1.54) is 6.07 Å². The molecule has 4 aromatic rings. The number of nitrogens with one attached hydrogen (secondary N) is 1. The highest BCUT2D eigenvalue weighted by Crippen LogP contribution is 2.49. The number of carbonyl (C=O) groups is 1. The second kappa shape index (κ2) is 7.66. The predicted octanol–water partition coefficient (Wildman–Crippen LogP) is 4.85. The number of aryl methyl sites for hydroxylation is 1. The number of carboxylic acids is 1. The molecule has 0 radical (unpaired) electrons. The van der Waals surface area contributed by atoms with Crippen LogP contribution in [0.2, 0.25) is 0 Å². The first-order valence-corrected chi connectivity index (χ1v) is 11.1. The number of methoxy groups -OCH3 is 1. The first-order valence-electron chi connectivity index (χ1n) is 11.1. The van der Waals surface area contributed by atoms with E-state index in [0.717, 1.165) is 33.4 Å². The number of aliphatic carboxylic acids is 1. The van der Waals surface area contributed by atoms with Crippen molar-refractivity contribution in [2.45, 2.75) is 44.9 Å². The predicted molar refractivity (Wildman–Crippen MR) is 123 cm³/mol. The zero-order chi connectivity index (χ0) is 23.5. The largest absolute Gasteiger partial charge is 0.481 e. The van der Waals surface area contributed by atoms with Crippen LogP contribution in [0.3, 0.4) is 0 Å². The van der Waals surface area contributed by atoms with Gasteiger partial charge in [0.1, 0.15) is 5.82 Å². The van der Waals surface area contributed by atoms with Gasteiger partial charge >= 0.3 is 5.97 Å². The van der Waals surface area contributed by atoms with E-state index in [1.54, 1.807) is 26.3 Å². The number of benzene rings is 1. The molecule has 0 spiro atoms. The lowest BCUT2D eigenvalue weighted by molar-refractivity contribution is -0.145. The van der Waals surface area contributed by atoms with E-state index in [4.69, 9.17) is 9.72 Å². The van der Waals surface area contributed by atoms with Gasteiger partial charge in [0.2, 0.25) is 0 Å². The van der Waals surface area contributed by atoms with Gasteiger partial charge in [0, 0.05) is 34.9 Å². The number of aromatic nitrogens is 4. The van der Waals surface area contributed by atoms with Gasteiger partial charge in [-0.1, -0.05) is 13.8 Å². The van der Waals surface area contributed by atoms with E-state index in [9.17, 15) is 14.3 Å². The molecule has 0 aliphatic heterocycles. The number of carboxylic acid groups (broad SMARTS) is 1. The molecule has 33 heavy (non-hydrogen) atoms. The number of halogens is 1. The molecule has 3 heterocycles. The maximum atomic E-state index is 14.2. The van der Waals surface area contributed by atoms with E-state index in [0.29, 0.717) is 30.7 Å². The van der Waals surface area contributed by atoms with E-state index in [-0.39, 0.29) is 17.7 Å². The average Bonchev–Trinajstić information content (AvgIpc) is 3.29. The normalized spacial score (nSPS) is 18.7. The first kappa shape index (κ1) is 21.6. The van der Waals surface area contributed by atoms with Crippen molar-refractivity contribution < 1.29 is 19.0 Å². The molecule has 0 bridgehead atoms. The summed E-state index contributed by atoms with van der Waals surface area (Å²) in [5.41, 5.74) is 5.44. The summed E-state index contributed by atoms with van der Waals surface area (Å²) < 4.78 is 21.9. The van der Waals surface area contributed by atoms with Gasteiger partial charge in [-0.15, -0.1) is 0 Å². The third-order valence-electron chi connectivity index (χ3n) is 6.82. The second-order valence-corrected chi connectivity index (χ2v) is 9.72. The third kappa shape index (κ3) is 3.40. The molecule has 1 fully saturated rings. The number of H-pyrrole nitrogens is 1. The monoisotopic (exact) mass is 450 g/mol. The molecule has 8 heteroatoms. The Hall–Kier alpha value is -3.26. The van der Waals surface area contributed by atoms with Crippen molar-refractivity contribution in [1.82, 2.24) is 19.7 Å². The lowest BCUT2D eigenvalue weighted by Gasteiger charge is -2.36. The van der Waals surface area contributed by atoms with E-state index in [1.807, 2.05) is 12.1 Å². The van der Waals surface area contributed by atoms with Crippen molar-refractivity contribution in [3.05, 3.63) is 53.1 Å². The fourth-order valence-electron chi connectivity index (χ4n) is 5.16. The number of fused-ring (bicyclic) bond motifs is 2. The van der Waals surface area contributed by atoms with Gasteiger partial charge in [-0.3, -0.25) is 9.89 Å². The highest BCUT2D eigenvalue weighted by Gasteiger charge is 2.42. The molecule has 172 valence electrons. The molecule has 1 aliphatic carbocycles. The second-order valence-electron chi connectivity index (χ2n) is 9.72. The summed E-state index contributed by atoms with van der Waals surface area (Å²) in [6, 6.07) is 7.14. The number of aromatic amines is 1. The minimum atomic E-state index is -0.759. The molecule has 7 nitrogen and oxygen atoms in total. The van der Waals surface area contributed by atoms with Gasteiger partial charge in [0.05, 0.1) is 29.8 Å². The molecule has 2 N–H and O–H groups in total. The Morgan fingerprint density at radius 2 is 2.09 bits per heavy atom. The number of rotatable bonds is 6. The topological polar surface area (TPSA) is 93.0 Å². The Balaban J connectivity index is 1.86. The highest BCUT2D eigenvalue weighted by molar-refractivity contribution is 5.94. The summed E-state index contributed by atoms with van der Waals surface area (Å²) in [4.78, 5) is 16.5. The summed E-state index contributed by atoms with van der Waals surface area (Å²) in [5, 5.41) is 17.4. The molecule has 0 amide bonds. The fraction of sp³-hybridized carbons (Fsp3) is 0.400. The minimum Gasteiger partial charge on any atom is -0.481 e. The van der Waals surface area contributed by atoms with Gasteiger partial charge in [-0.05, 0) is 55.5 Å². The maximum Gasteiger partial charge on any atom is 0.306 e. The Bertz CT molecular complexity index is 1380. The van der Waals surface area contributed by atoms with Crippen LogP contribution in [0.5, 0.6) is 0 Å². The van der Waals surface area contributed by atoms with Crippen molar-refractivity contribution >= 4 is 28.0 Å². The molecule has 5 rings (SSSR count). The summed E-state index contributed by atoms with van der Waals surface area (Å²) in [6.45, 7) is 6.44. The number of nitrogens with zero attached hydrogens (tertiary/aromatic N) is 3. The maximum absolute atomic E-state index is 14.2. The molecular weight excluding hydrogens is 423 g/mol. The van der Waals surface area contributed by atoms with Gasteiger partial charge < -0.3 is 14.4 Å². The van der Waals surface area contributed by atoms with Crippen LogP contribution < -0.4 is 0 Å². The van der Waals surface area contributed by atoms with E-state index < -0.39 is 11.4 Å². The molecule has 3 aromatic heterocycles. The van der Waals surface area contributed by atoms with Crippen molar-refractivity contribution in [2.75, 3.05) is 13.7 Å². The van der Waals surface area contributed by atoms with Crippen molar-refractivity contribution in [3.63, 3.8) is 0 Å². The molecule has 1 saturated carbocycles. The molecule has 0 atom stereocenters. The molecule has 1 aromatic carbocycles. The van der Waals surface area contributed by atoms with Crippen LogP contribution in [-0.4, -0.2) is 44.5 Å². The van der Waals surface area contributed by atoms with Gasteiger partial charge in [0.25, 0.3) is 0 Å². The Morgan fingerprint density at radius 1 is 1.33 bits per heavy atom. The third-order valence-corrected chi connectivity index (χ3v) is 6.82. The SMILES string of the molecule is COCC(C)(C)c1c([C@H]2C[C@H](C(=O)O)C2)c2nc3[nH]ncc3cc2n1-c1ccc(F)c(C)c1. The number of hydrogen-bond acceptors (Lipinski definition) is 4. The zero-order valence-electron chi connectivity index (χ0n) is 19.1. The minimum absolute atomic E-state index is 0.0652. The van der Waals surface area contributed by atoms with Crippen LogP contribution in [0.4, 0.5) is 4.39 Å². The lowest BCUT2D eigenvalue weighted by atomic mass is 9.69. The summed E-state index contributed by atoms with van der Waals surface area (Å²) in [5.74, 6) is -1.30. The van der Waals surface area contributed by atoms with Crippen molar-refractivity contribution in [3.8, 4) is 5.69 Å². The summed E-state index contributed by atoms with van der Waals surface area (Å²) in [7, 11) is 1.67. The number of hydrogen-bond donors (Lipinski definition) is 2. The lowest BCUT2D eigenvalue weighted by Crippen LogP contribution is -2.33. The summed E-state index contributed by atoms with van der Waals surface area (Å²) in [6.07, 6.45) is 2.86. The first-order chi connectivity index (χ1) is 15.7. The molecule has 0 saturated heterocycles. The van der Waals surface area contributed by atoms with Gasteiger partial charge in [-0.25, -0.2) is 9.37 Å². The molecular formula is C25H27FN4O3. The molecule has 0 unspecified atom stereocenters. The van der Waals surface area contributed by atoms with Gasteiger partial charge in [-0.2, -0.15) is 5.10 Å². The smallest absolute Gasteiger partial charge is 0.306 e. The van der Waals surface area contributed by atoms with E-state index >= 15 is 0 Å². The summed E-state index contributed by atoms with van der Waals surface area (Å²) >= 11 is 0. The quantitative estimate of drug-likeness (QED) is 0.438. The van der Waals surface area contributed by atoms with Crippen LogP contribution in [-0.2, 0) is 14.9 Å². The van der Waals surface area contributed by atoms with Crippen LogP contribution in [0.25, 0.3) is 27.8 Å². The Labute approximate surface area is 190 Å². The van der Waals surface area contributed by atoms with E-state index in [2.05, 4.69) is 28.6 Å². The average molecular weight is 451 g/mol. The van der Waals surface area contributed by atoms with Gasteiger partial charge in [0.15, 0.2) is 5.65 Å². The Kier molecular flexibility index (Phi) is 5.01. The highest BCUT2D eigenvalue weighted by atomic mass is 19.1.